The summed E-state index contributed by atoms with van der Waals surface area (Å²) in [6.45, 7) is 3.07. The number of aromatic nitrogens is 2. The average molecular weight is 448 g/mol. The Hall–Kier alpha value is -3.45. The van der Waals surface area contributed by atoms with Crippen molar-refractivity contribution in [2.24, 2.45) is 7.05 Å². The van der Waals surface area contributed by atoms with Gasteiger partial charge in [0.05, 0.1) is 17.5 Å². The first kappa shape index (κ1) is 21.8. The molecule has 0 spiro atoms. The van der Waals surface area contributed by atoms with Crippen molar-refractivity contribution < 1.29 is 9.53 Å². The van der Waals surface area contributed by atoms with Gasteiger partial charge in [-0.1, -0.05) is 37.3 Å². The van der Waals surface area contributed by atoms with E-state index in [9.17, 15) is 9.59 Å². The number of hydrogen-bond donors (Lipinski definition) is 1. The Morgan fingerprint density at radius 3 is 2.69 bits per heavy atom. The number of benzene rings is 3. The van der Waals surface area contributed by atoms with Crippen molar-refractivity contribution in [2.45, 2.75) is 19.9 Å². The molecule has 7 heteroatoms. The second-order valence-electron chi connectivity index (χ2n) is 7.83. The molecular formula is C25H25N3O3S. The summed E-state index contributed by atoms with van der Waals surface area (Å²) >= 11 is 5.21. The molecule has 0 aliphatic carbocycles. The van der Waals surface area contributed by atoms with Crippen LogP contribution in [0.2, 0.25) is 0 Å². The minimum Gasteiger partial charge on any atom is -0.493 e. The predicted molar refractivity (Wildman–Crippen MR) is 130 cm³/mol. The molecule has 0 radical (unpaired) electrons. The quantitative estimate of drug-likeness (QED) is 0.431. The molecule has 0 unspecified atom stereocenters. The van der Waals surface area contributed by atoms with Crippen LogP contribution in [-0.4, -0.2) is 34.0 Å². The van der Waals surface area contributed by atoms with Crippen molar-refractivity contribution in [3.05, 3.63) is 80.8 Å². The average Bonchev–Trinajstić information content (AvgIpc) is 2.81. The SMILES string of the molecule is CCCOc1ccc2ccccc2c1CN(C)C(=O)c1ccc2c(=O)n(C)c(=S)[nH]c2c1. The first-order chi connectivity index (χ1) is 15.4. The van der Waals surface area contributed by atoms with Crippen molar-refractivity contribution in [1.82, 2.24) is 14.5 Å². The summed E-state index contributed by atoms with van der Waals surface area (Å²) in [5.41, 5.74) is 1.82. The van der Waals surface area contributed by atoms with E-state index in [4.69, 9.17) is 17.0 Å². The zero-order valence-corrected chi connectivity index (χ0v) is 19.2. The summed E-state index contributed by atoms with van der Waals surface area (Å²) in [5.74, 6) is 0.637. The van der Waals surface area contributed by atoms with Crippen molar-refractivity contribution in [2.75, 3.05) is 13.7 Å². The number of amides is 1. The maximum Gasteiger partial charge on any atom is 0.261 e. The van der Waals surface area contributed by atoms with E-state index in [1.54, 1.807) is 37.2 Å². The summed E-state index contributed by atoms with van der Waals surface area (Å²) in [6.07, 6.45) is 0.902. The number of rotatable bonds is 6. The van der Waals surface area contributed by atoms with Crippen LogP contribution in [0.3, 0.4) is 0 Å². The van der Waals surface area contributed by atoms with Crippen LogP contribution >= 0.6 is 12.2 Å². The molecule has 0 bridgehead atoms. The minimum atomic E-state index is -0.190. The van der Waals surface area contributed by atoms with Gasteiger partial charge in [0, 0.05) is 31.8 Å². The van der Waals surface area contributed by atoms with Crippen LogP contribution in [0.15, 0.2) is 59.4 Å². The minimum absolute atomic E-state index is 0.152. The lowest BCUT2D eigenvalue weighted by atomic mass is 10.0. The highest BCUT2D eigenvalue weighted by Gasteiger charge is 2.17. The van der Waals surface area contributed by atoms with Gasteiger partial charge < -0.3 is 14.6 Å². The molecular weight excluding hydrogens is 422 g/mol. The largest absolute Gasteiger partial charge is 0.493 e. The van der Waals surface area contributed by atoms with Crippen molar-refractivity contribution >= 4 is 39.8 Å². The summed E-state index contributed by atoms with van der Waals surface area (Å²) in [4.78, 5) is 30.4. The Morgan fingerprint density at radius 1 is 1.12 bits per heavy atom. The fourth-order valence-electron chi connectivity index (χ4n) is 3.79. The lowest BCUT2D eigenvalue weighted by molar-refractivity contribution is 0.0784. The number of fused-ring (bicyclic) bond motifs is 2. The fourth-order valence-corrected chi connectivity index (χ4v) is 3.99. The molecule has 1 N–H and O–H groups in total. The van der Waals surface area contributed by atoms with Crippen LogP contribution in [0.4, 0.5) is 0 Å². The zero-order chi connectivity index (χ0) is 22.8. The second kappa shape index (κ2) is 8.96. The molecule has 164 valence electrons. The van der Waals surface area contributed by atoms with E-state index in [1.165, 1.54) is 4.57 Å². The number of nitrogens with zero attached hydrogens (tertiary/aromatic N) is 2. The third-order valence-electron chi connectivity index (χ3n) is 5.55. The summed E-state index contributed by atoms with van der Waals surface area (Å²) in [5, 5.41) is 2.65. The van der Waals surface area contributed by atoms with E-state index in [2.05, 4.69) is 18.0 Å². The smallest absolute Gasteiger partial charge is 0.261 e. The van der Waals surface area contributed by atoms with Gasteiger partial charge in [0.25, 0.3) is 11.5 Å². The number of hydrogen-bond acceptors (Lipinski definition) is 4. The number of ether oxygens (including phenoxy) is 1. The van der Waals surface area contributed by atoms with Crippen LogP contribution in [0.5, 0.6) is 5.75 Å². The van der Waals surface area contributed by atoms with Gasteiger partial charge in [-0.05, 0) is 53.7 Å². The van der Waals surface area contributed by atoms with E-state index in [0.29, 0.717) is 34.4 Å². The van der Waals surface area contributed by atoms with Gasteiger partial charge in [0.2, 0.25) is 0 Å². The van der Waals surface area contributed by atoms with Crippen LogP contribution in [0, 0.1) is 4.77 Å². The van der Waals surface area contributed by atoms with E-state index in [1.807, 2.05) is 30.3 Å². The van der Waals surface area contributed by atoms with Crippen LogP contribution < -0.4 is 10.3 Å². The molecule has 1 heterocycles. The number of H-pyrrole nitrogens is 1. The molecule has 0 saturated carbocycles. The summed E-state index contributed by atoms with van der Waals surface area (Å²) in [6, 6.07) is 17.1. The molecule has 0 atom stereocenters. The van der Waals surface area contributed by atoms with Crippen LogP contribution in [0.1, 0.15) is 29.3 Å². The lowest BCUT2D eigenvalue weighted by Crippen LogP contribution is -2.27. The monoisotopic (exact) mass is 447 g/mol. The maximum absolute atomic E-state index is 13.3. The number of carbonyl (C=O) groups is 1. The molecule has 32 heavy (non-hydrogen) atoms. The molecule has 4 rings (SSSR count). The maximum atomic E-state index is 13.3. The Balaban J connectivity index is 1.70. The van der Waals surface area contributed by atoms with E-state index in [0.717, 1.165) is 28.5 Å². The predicted octanol–water partition coefficient (Wildman–Crippen LogP) is 4.81. The molecule has 1 amide bonds. The molecule has 0 aliphatic rings. The van der Waals surface area contributed by atoms with E-state index in [-0.39, 0.29) is 11.5 Å². The first-order valence-corrected chi connectivity index (χ1v) is 10.9. The fraction of sp³-hybridized carbons (Fsp3) is 0.240. The number of nitrogens with one attached hydrogen (secondary N) is 1. The number of carbonyl (C=O) groups excluding carboxylic acids is 1. The molecule has 0 saturated heterocycles. The highest BCUT2D eigenvalue weighted by atomic mass is 32.1. The molecule has 4 aromatic rings. The molecule has 0 fully saturated rings. The Bertz CT molecular complexity index is 1440. The Kier molecular flexibility index (Phi) is 6.10. The second-order valence-corrected chi connectivity index (χ2v) is 8.21. The lowest BCUT2D eigenvalue weighted by Gasteiger charge is -2.21. The highest BCUT2D eigenvalue weighted by Crippen LogP contribution is 2.30. The van der Waals surface area contributed by atoms with Crippen LogP contribution in [0.25, 0.3) is 21.7 Å². The van der Waals surface area contributed by atoms with Crippen molar-refractivity contribution in [3.8, 4) is 5.75 Å². The van der Waals surface area contributed by atoms with Crippen LogP contribution in [-0.2, 0) is 13.6 Å². The zero-order valence-electron chi connectivity index (χ0n) is 18.3. The normalized spacial score (nSPS) is 11.1. The molecule has 1 aromatic heterocycles. The third-order valence-corrected chi connectivity index (χ3v) is 5.93. The van der Waals surface area contributed by atoms with Crippen molar-refractivity contribution in [3.63, 3.8) is 0 Å². The Morgan fingerprint density at radius 2 is 1.91 bits per heavy atom. The highest BCUT2D eigenvalue weighted by molar-refractivity contribution is 7.71. The molecule has 3 aromatic carbocycles. The standard InChI is InChI=1S/C25H25N3O3S/c1-4-13-31-22-12-10-16-7-5-6-8-18(16)20(22)15-27(2)23(29)17-9-11-19-21(14-17)26-25(32)28(3)24(19)30/h5-12,14H,4,13,15H2,1-3H3,(H,26,32). The van der Waals surface area contributed by atoms with Gasteiger partial charge in [0.15, 0.2) is 4.77 Å². The van der Waals surface area contributed by atoms with Gasteiger partial charge in [-0.25, -0.2) is 0 Å². The Labute approximate surface area is 191 Å². The van der Waals surface area contributed by atoms with Gasteiger partial charge in [-0.3, -0.25) is 14.2 Å². The van der Waals surface area contributed by atoms with E-state index < -0.39 is 0 Å². The summed E-state index contributed by atoms with van der Waals surface area (Å²) in [7, 11) is 3.39. The first-order valence-electron chi connectivity index (χ1n) is 10.5. The molecule has 0 aliphatic heterocycles. The van der Waals surface area contributed by atoms with Gasteiger partial charge >= 0.3 is 0 Å². The molecule has 6 nitrogen and oxygen atoms in total. The number of aromatic amines is 1. The van der Waals surface area contributed by atoms with Crippen molar-refractivity contribution in [1.29, 1.82) is 0 Å². The van der Waals surface area contributed by atoms with Gasteiger partial charge in [-0.2, -0.15) is 0 Å². The van der Waals surface area contributed by atoms with E-state index >= 15 is 0 Å². The van der Waals surface area contributed by atoms with Gasteiger partial charge in [-0.15, -0.1) is 0 Å². The van der Waals surface area contributed by atoms with Gasteiger partial charge in [0.1, 0.15) is 5.75 Å². The third kappa shape index (κ3) is 4.03. The topological polar surface area (TPSA) is 67.3 Å². The summed E-state index contributed by atoms with van der Waals surface area (Å²) < 4.78 is 7.68.